The van der Waals surface area contributed by atoms with Crippen LogP contribution in [0.4, 0.5) is 16.2 Å². The molecular formula is C30H43N5O6. The molecule has 224 valence electrons. The predicted octanol–water partition coefficient (Wildman–Crippen LogP) is 3.36. The zero-order valence-electron chi connectivity index (χ0n) is 24.8. The van der Waals surface area contributed by atoms with Crippen LogP contribution < -0.4 is 20.1 Å². The molecular weight excluding hydrogens is 526 g/mol. The van der Waals surface area contributed by atoms with Crippen molar-refractivity contribution in [1.82, 2.24) is 14.7 Å². The zero-order chi connectivity index (χ0) is 30.1. The maximum Gasteiger partial charge on any atom is 0.321 e. The number of hydrogen-bond donors (Lipinski definition) is 3. The molecule has 1 aliphatic heterocycles. The maximum atomic E-state index is 13.6. The molecule has 0 radical (unpaired) electrons. The summed E-state index contributed by atoms with van der Waals surface area (Å²) in [5.41, 5.74) is 1.41. The minimum absolute atomic E-state index is 0.136. The molecule has 0 bridgehead atoms. The fourth-order valence-corrected chi connectivity index (χ4v) is 4.54. The van der Waals surface area contributed by atoms with Crippen molar-refractivity contribution in [2.45, 2.75) is 38.8 Å². The van der Waals surface area contributed by atoms with E-state index in [1.54, 1.807) is 68.4 Å². The third kappa shape index (κ3) is 8.83. The molecule has 0 unspecified atom stereocenters. The highest BCUT2D eigenvalue weighted by Gasteiger charge is 2.34. The smallest absolute Gasteiger partial charge is 0.321 e. The number of benzene rings is 2. The molecule has 0 saturated carbocycles. The molecule has 2 aromatic rings. The third-order valence-electron chi connectivity index (χ3n) is 7.10. The number of nitrogens with zero attached hydrogens (tertiary/aromatic N) is 3. The molecule has 3 N–H and O–H groups in total. The monoisotopic (exact) mass is 569 g/mol. The topological polar surface area (TPSA) is 124 Å². The second-order valence-corrected chi connectivity index (χ2v) is 10.8. The van der Waals surface area contributed by atoms with Crippen molar-refractivity contribution in [3.05, 3.63) is 48.0 Å². The molecule has 41 heavy (non-hydrogen) atoms. The Morgan fingerprint density at radius 3 is 2.44 bits per heavy atom. The Kier molecular flexibility index (Phi) is 11.4. The number of rotatable bonds is 11. The summed E-state index contributed by atoms with van der Waals surface area (Å²) >= 11 is 0. The van der Waals surface area contributed by atoms with Crippen LogP contribution in [0.3, 0.4) is 0 Å². The summed E-state index contributed by atoms with van der Waals surface area (Å²) in [4.78, 5) is 44.3. The fourth-order valence-electron chi connectivity index (χ4n) is 4.54. The van der Waals surface area contributed by atoms with Gasteiger partial charge in [0.25, 0.3) is 5.91 Å². The Balaban J connectivity index is 1.80. The van der Waals surface area contributed by atoms with Crippen molar-refractivity contribution < 1.29 is 29.0 Å². The lowest BCUT2D eigenvalue weighted by atomic mass is 9.99. The first-order valence-corrected chi connectivity index (χ1v) is 13.9. The van der Waals surface area contributed by atoms with Gasteiger partial charge in [0, 0.05) is 37.3 Å². The van der Waals surface area contributed by atoms with Gasteiger partial charge in [0.05, 0.1) is 31.9 Å². The molecule has 3 atom stereocenters. The summed E-state index contributed by atoms with van der Waals surface area (Å²) in [6, 6.07) is 11.3. The quantitative estimate of drug-likeness (QED) is 0.379. The minimum Gasteiger partial charge on any atom is -0.497 e. The summed E-state index contributed by atoms with van der Waals surface area (Å²) in [5, 5.41) is 15.6. The largest absolute Gasteiger partial charge is 0.497 e. The Bertz CT molecular complexity index is 1190. The van der Waals surface area contributed by atoms with Gasteiger partial charge in [-0.15, -0.1) is 0 Å². The van der Waals surface area contributed by atoms with Crippen molar-refractivity contribution in [2.24, 2.45) is 5.92 Å². The summed E-state index contributed by atoms with van der Waals surface area (Å²) < 4.78 is 11.5. The summed E-state index contributed by atoms with van der Waals surface area (Å²) in [5.74, 6) is 0.462. The molecule has 0 aliphatic carbocycles. The predicted molar refractivity (Wildman–Crippen MR) is 159 cm³/mol. The number of aliphatic hydroxyl groups excluding tert-OH is 1. The average molecular weight is 570 g/mol. The van der Waals surface area contributed by atoms with E-state index in [0.29, 0.717) is 47.8 Å². The standard InChI is InChI=1S/C30H43N5O6/c1-20-17-35(21(2)19-36)29(38)25-16-23(31-28(37)8-7-15-33(3)4)11-14-26(25)41-27(20)18-34(5)30(39)32-22-9-12-24(40-6)13-10-22/h9-14,16,20-21,27,36H,7-8,15,17-19H2,1-6H3,(H,31,37)(H,32,39)/t20-,21-,27+/m0/s1. The van der Waals surface area contributed by atoms with Gasteiger partial charge in [0.1, 0.15) is 17.6 Å². The highest BCUT2D eigenvalue weighted by Crippen LogP contribution is 2.31. The number of nitrogens with one attached hydrogen (secondary N) is 2. The summed E-state index contributed by atoms with van der Waals surface area (Å²) in [6.45, 7) is 4.90. The normalized spacial score (nSPS) is 17.6. The lowest BCUT2D eigenvalue weighted by Gasteiger charge is -2.38. The SMILES string of the molecule is COc1ccc(NC(=O)N(C)C[C@H]2Oc3ccc(NC(=O)CCCN(C)C)cc3C(=O)N([C@@H](C)CO)C[C@@H]2C)cc1. The molecule has 1 heterocycles. The highest BCUT2D eigenvalue weighted by atomic mass is 16.5. The maximum absolute atomic E-state index is 13.6. The van der Waals surface area contributed by atoms with Crippen LogP contribution in [0.25, 0.3) is 0 Å². The number of amides is 4. The Labute approximate surface area is 242 Å². The van der Waals surface area contributed by atoms with Crippen LogP contribution in [0.15, 0.2) is 42.5 Å². The summed E-state index contributed by atoms with van der Waals surface area (Å²) in [6.07, 6.45) is 0.623. The average Bonchev–Trinajstić information content (AvgIpc) is 2.94. The molecule has 0 spiro atoms. The molecule has 11 heteroatoms. The number of hydrogen-bond acceptors (Lipinski definition) is 7. The number of carbonyl (C=O) groups is 3. The van der Waals surface area contributed by atoms with Crippen molar-refractivity contribution in [3.63, 3.8) is 0 Å². The van der Waals surface area contributed by atoms with Gasteiger partial charge >= 0.3 is 6.03 Å². The number of likely N-dealkylation sites (N-methyl/N-ethyl adjacent to an activating group) is 1. The van der Waals surface area contributed by atoms with Gasteiger partial charge in [0.15, 0.2) is 0 Å². The van der Waals surface area contributed by atoms with Gasteiger partial charge in [-0.2, -0.15) is 0 Å². The Hall–Kier alpha value is -3.83. The minimum atomic E-state index is -0.451. The van der Waals surface area contributed by atoms with Crippen molar-refractivity contribution in [1.29, 1.82) is 0 Å². The van der Waals surface area contributed by atoms with Crippen LogP contribution in [0, 0.1) is 5.92 Å². The van der Waals surface area contributed by atoms with E-state index in [4.69, 9.17) is 9.47 Å². The second kappa shape index (κ2) is 14.7. The van der Waals surface area contributed by atoms with Gasteiger partial charge < -0.3 is 39.9 Å². The fraction of sp³-hybridized carbons (Fsp3) is 0.500. The van der Waals surface area contributed by atoms with Crippen LogP contribution in [0.1, 0.15) is 37.0 Å². The second-order valence-electron chi connectivity index (χ2n) is 10.8. The number of fused-ring (bicyclic) bond motifs is 1. The van der Waals surface area contributed by atoms with E-state index in [-0.39, 0.29) is 36.9 Å². The van der Waals surface area contributed by atoms with Crippen molar-refractivity contribution >= 4 is 29.2 Å². The molecule has 4 amide bonds. The molecule has 2 aromatic carbocycles. The number of urea groups is 1. The molecule has 3 rings (SSSR count). The van der Waals surface area contributed by atoms with Gasteiger partial charge in [-0.3, -0.25) is 9.59 Å². The van der Waals surface area contributed by atoms with Crippen molar-refractivity contribution in [3.8, 4) is 11.5 Å². The summed E-state index contributed by atoms with van der Waals surface area (Å²) in [7, 11) is 7.17. The van der Waals surface area contributed by atoms with Crippen molar-refractivity contribution in [2.75, 3.05) is 65.1 Å². The van der Waals surface area contributed by atoms with Gasteiger partial charge in [-0.1, -0.05) is 6.92 Å². The molecule has 0 aromatic heterocycles. The number of carbonyl (C=O) groups excluding carboxylic acids is 3. The van der Waals surface area contributed by atoms with Gasteiger partial charge in [-0.25, -0.2) is 4.79 Å². The third-order valence-corrected chi connectivity index (χ3v) is 7.10. The zero-order valence-corrected chi connectivity index (χ0v) is 24.8. The number of anilines is 2. The first kappa shape index (κ1) is 31.7. The van der Waals surface area contributed by atoms with E-state index in [9.17, 15) is 19.5 Å². The van der Waals surface area contributed by atoms with E-state index in [2.05, 4.69) is 10.6 Å². The molecule has 0 fully saturated rings. The highest BCUT2D eigenvalue weighted by molar-refractivity contribution is 6.00. The van der Waals surface area contributed by atoms with E-state index >= 15 is 0 Å². The first-order chi connectivity index (χ1) is 19.5. The molecule has 1 aliphatic rings. The Morgan fingerprint density at radius 2 is 1.80 bits per heavy atom. The lowest BCUT2D eigenvalue weighted by molar-refractivity contribution is -0.116. The van der Waals surface area contributed by atoms with Crippen LogP contribution >= 0.6 is 0 Å². The van der Waals surface area contributed by atoms with E-state index in [0.717, 1.165) is 6.54 Å². The van der Waals surface area contributed by atoms with Crippen LogP contribution in [0.2, 0.25) is 0 Å². The first-order valence-electron chi connectivity index (χ1n) is 13.9. The molecule has 0 saturated heterocycles. The number of methoxy groups -OCH3 is 1. The lowest BCUT2D eigenvalue weighted by Crippen LogP contribution is -2.50. The Morgan fingerprint density at radius 1 is 1.12 bits per heavy atom. The van der Waals surface area contributed by atoms with Crippen LogP contribution in [0.5, 0.6) is 11.5 Å². The van der Waals surface area contributed by atoms with Gasteiger partial charge in [-0.05, 0) is 76.4 Å². The van der Waals surface area contributed by atoms with E-state index in [1.807, 2.05) is 25.9 Å². The number of aliphatic hydroxyl groups is 1. The molecule has 11 nitrogen and oxygen atoms in total. The van der Waals surface area contributed by atoms with E-state index in [1.165, 1.54) is 4.90 Å². The van der Waals surface area contributed by atoms with Gasteiger partial charge in [0.2, 0.25) is 5.91 Å². The van der Waals surface area contributed by atoms with Crippen LogP contribution in [-0.2, 0) is 4.79 Å². The van der Waals surface area contributed by atoms with Crippen LogP contribution in [-0.4, -0.2) is 104 Å². The van der Waals surface area contributed by atoms with E-state index < -0.39 is 12.1 Å². The number of ether oxygens (including phenoxy) is 2.